The highest BCUT2D eigenvalue weighted by Gasteiger charge is 2.34. The monoisotopic (exact) mass is 343 g/mol. The fourth-order valence-electron chi connectivity index (χ4n) is 1.74. The van der Waals surface area contributed by atoms with E-state index in [1.807, 2.05) is 0 Å². The van der Waals surface area contributed by atoms with E-state index in [-0.39, 0.29) is 5.56 Å². The number of halogens is 2. The molecule has 0 aliphatic carbocycles. The number of rotatable bonds is 7. The van der Waals surface area contributed by atoms with E-state index in [4.69, 9.17) is 11.3 Å². The van der Waals surface area contributed by atoms with Crippen LogP contribution in [0.5, 0.6) is 0 Å². The SMILES string of the molecule is CC(NCCCN=[N+]=[N-])(C(N)=O)c1ccc(Br)cc1F. The lowest BCUT2D eigenvalue weighted by Gasteiger charge is -2.28. The van der Waals surface area contributed by atoms with Gasteiger partial charge in [-0.05, 0) is 37.6 Å². The third-order valence-electron chi connectivity index (χ3n) is 2.94. The number of amides is 1. The molecule has 3 N–H and O–H groups in total. The second-order valence-electron chi connectivity index (χ2n) is 4.35. The van der Waals surface area contributed by atoms with E-state index in [0.717, 1.165) is 0 Å². The molecule has 1 rings (SSSR count). The van der Waals surface area contributed by atoms with Crippen LogP contribution in [0.2, 0.25) is 0 Å². The number of carbonyl (C=O) groups excluding carboxylic acids is 1. The van der Waals surface area contributed by atoms with E-state index < -0.39 is 17.3 Å². The Morgan fingerprint density at radius 1 is 1.65 bits per heavy atom. The van der Waals surface area contributed by atoms with Gasteiger partial charge in [-0.15, -0.1) is 0 Å². The van der Waals surface area contributed by atoms with Gasteiger partial charge < -0.3 is 5.73 Å². The summed E-state index contributed by atoms with van der Waals surface area (Å²) in [5.41, 5.74) is 12.4. The molecule has 0 aliphatic rings. The molecular formula is C12H15BrFN5O. The maximum Gasteiger partial charge on any atom is 0.242 e. The number of nitrogens with one attached hydrogen (secondary N) is 1. The number of nitrogens with zero attached hydrogens (tertiary/aromatic N) is 3. The predicted octanol–water partition coefficient (Wildman–Crippen LogP) is 2.58. The number of nitrogens with two attached hydrogens (primary N) is 1. The smallest absolute Gasteiger partial charge is 0.242 e. The van der Waals surface area contributed by atoms with Crippen LogP contribution >= 0.6 is 15.9 Å². The summed E-state index contributed by atoms with van der Waals surface area (Å²) in [6, 6.07) is 4.42. The Bertz CT molecular complexity index is 547. The first-order valence-corrected chi connectivity index (χ1v) is 6.72. The minimum atomic E-state index is -1.32. The van der Waals surface area contributed by atoms with Crippen LogP contribution in [-0.4, -0.2) is 19.0 Å². The predicted molar refractivity (Wildman–Crippen MR) is 77.3 cm³/mol. The van der Waals surface area contributed by atoms with Crippen LogP contribution in [-0.2, 0) is 10.3 Å². The second-order valence-corrected chi connectivity index (χ2v) is 5.26. The number of azide groups is 1. The molecule has 0 saturated heterocycles. The highest BCUT2D eigenvalue weighted by Crippen LogP contribution is 2.26. The molecule has 8 heteroatoms. The van der Waals surface area contributed by atoms with Crippen LogP contribution in [0, 0.1) is 5.82 Å². The topological polar surface area (TPSA) is 104 Å². The average Bonchev–Trinajstić information content (AvgIpc) is 2.37. The van der Waals surface area contributed by atoms with Crippen molar-refractivity contribution < 1.29 is 9.18 Å². The first-order chi connectivity index (χ1) is 9.41. The Morgan fingerprint density at radius 3 is 2.90 bits per heavy atom. The van der Waals surface area contributed by atoms with Crippen molar-refractivity contribution in [1.29, 1.82) is 0 Å². The van der Waals surface area contributed by atoms with E-state index in [1.165, 1.54) is 19.1 Å². The normalized spacial score (nSPS) is 13.3. The van der Waals surface area contributed by atoms with E-state index in [9.17, 15) is 9.18 Å². The highest BCUT2D eigenvalue weighted by molar-refractivity contribution is 9.10. The first-order valence-electron chi connectivity index (χ1n) is 5.93. The summed E-state index contributed by atoms with van der Waals surface area (Å²) in [7, 11) is 0. The molecule has 0 spiro atoms. The molecule has 108 valence electrons. The molecule has 0 aromatic heterocycles. The number of hydrogen-bond acceptors (Lipinski definition) is 3. The van der Waals surface area contributed by atoms with Gasteiger partial charge in [-0.25, -0.2) is 4.39 Å². The summed E-state index contributed by atoms with van der Waals surface area (Å²) >= 11 is 3.16. The van der Waals surface area contributed by atoms with Gasteiger partial charge in [0, 0.05) is 21.5 Å². The van der Waals surface area contributed by atoms with Crippen molar-refractivity contribution in [1.82, 2.24) is 5.32 Å². The first kappa shape index (κ1) is 16.4. The van der Waals surface area contributed by atoms with Crippen molar-refractivity contribution in [3.05, 3.63) is 44.5 Å². The van der Waals surface area contributed by atoms with Crippen LogP contribution in [0.4, 0.5) is 4.39 Å². The Hall–Kier alpha value is -1.63. The van der Waals surface area contributed by atoms with Crippen molar-refractivity contribution in [2.45, 2.75) is 18.9 Å². The van der Waals surface area contributed by atoms with Gasteiger partial charge >= 0.3 is 0 Å². The molecule has 20 heavy (non-hydrogen) atoms. The van der Waals surface area contributed by atoms with Gasteiger partial charge in [0.2, 0.25) is 5.91 Å². The van der Waals surface area contributed by atoms with Gasteiger partial charge in [0.1, 0.15) is 11.4 Å². The Kier molecular flexibility index (Phi) is 5.94. The lowest BCUT2D eigenvalue weighted by molar-refractivity contribution is -0.124. The van der Waals surface area contributed by atoms with Crippen LogP contribution in [0.1, 0.15) is 18.9 Å². The molecule has 0 fully saturated rings. The van der Waals surface area contributed by atoms with Crippen molar-refractivity contribution in [3.63, 3.8) is 0 Å². The average molecular weight is 344 g/mol. The minimum Gasteiger partial charge on any atom is -0.368 e. The van der Waals surface area contributed by atoms with E-state index in [0.29, 0.717) is 24.0 Å². The summed E-state index contributed by atoms with van der Waals surface area (Å²) in [6.45, 7) is 2.18. The van der Waals surface area contributed by atoms with Crippen molar-refractivity contribution in [2.75, 3.05) is 13.1 Å². The van der Waals surface area contributed by atoms with Crippen LogP contribution in [0.25, 0.3) is 10.4 Å². The van der Waals surface area contributed by atoms with Crippen LogP contribution in [0.15, 0.2) is 27.8 Å². The molecule has 6 nitrogen and oxygen atoms in total. The molecule has 1 aromatic carbocycles. The molecule has 1 unspecified atom stereocenters. The zero-order chi connectivity index (χ0) is 15.2. The Balaban J connectivity index is 2.91. The maximum absolute atomic E-state index is 14.0. The van der Waals surface area contributed by atoms with Crippen LogP contribution < -0.4 is 11.1 Å². The van der Waals surface area contributed by atoms with E-state index >= 15 is 0 Å². The fraction of sp³-hybridized carbons (Fsp3) is 0.417. The van der Waals surface area contributed by atoms with Crippen molar-refractivity contribution in [3.8, 4) is 0 Å². The molecule has 0 aliphatic heterocycles. The molecule has 0 radical (unpaired) electrons. The van der Waals surface area contributed by atoms with Gasteiger partial charge in [-0.2, -0.15) is 0 Å². The molecule has 0 saturated carbocycles. The van der Waals surface area contributed by atoms with Crippen molar-refractivity contribution >= 4 is 21.8 Å². The molecule has 1 amide bonds. The largest absolute Gasteiger partial charge is 0.368 e. The quantitative estimate of drug-likeness (QED) is 0.343. The minimum absolute atomic E-state index is 0.178. The van der Waals surface area contributed by atoms with Gasteiger partial charge in [0.15, 0.2) is 0 Å². The molecule has 1 atom stereocenters. The van der Waals surface area contributed by atoms with Gasteiger partial charge in [-0.1, -0.05) is 27.1 Å². The molecule has 1 aromatic rings. The van der Waals surface area contributed by atoms with E-state index in [2.05, 4.69) is 31.3 Å². The third-order valence-corrected chi connectivity index (χ3v) is 3.43. The van der Waals surface area contributed by atoms with Gasteiger partial charge in [-0.3, -0.25) is 10.1 Å². The third kappa shape index (κ3) is 3.93. The van der Waals surface area contributed by atoms with Gasteiger partial charge in [0.25, 0.3) is 0 Å². The standard InChI is InChI=1S/C12H15BrFN5O/c1-12(11(15)20,17-5-2-6-18-19-16)9-4-3-8(13)7-10(9)14/h3-4,7,17H,2,5-6H2,1H3,(H2,15,20). The number of primary amides is 1. The number of benzene rings is 1. The number of hydrogen-bond donors (Lipinski definition) is 2. The summed E-state index contributed by atoms with van der Waals surface area (Å²) in [4.78, 5) is 14.3. The summed E-state index contributed by atoms with van der Waals surface area (Å²) in [6.07, 6.45) is 0.519. The fourth-order valence-corrected chi connectivity index (χ4v) is 2.08. The van der Waals surface area contributed by atoms with Crippen molar-refractivity contribution in [2.24, 2.45) is 10.8 Å². The zero-order valence-electron chi connectivity index (χ0n) is 10.9. The molecule has 0 bridgehead atoms. The summed E-state index contributed by atoms with van der Waals surface area (Å²) in [5.74, 6) is -1.20. The maximum atomic E-state index is 14.0. The second kappa shape index (κ2) is 7.23. The summed E-state index contributed by atoms with van der Waals surface area (Å²) < 4.78 is 14.6. The lowest BCUT2D eigenvalue weighted by Crippen LogP contribution is -2.51. The zero-order valence-corrected chi connectivity index (χ0v) is 12.5. The highest BCUT2D eigenvalue weighted by atomic mass is 79.9. The lowest BCUT2D eigenvalue weighted by atomic mass is 9.90. The molecular weight excluding hydrogens is 329 g/mol. The summed E-state index contributed by atoms with van der Waals surface area (Å²) in [5, 5.41) is 6.30. The van der Waals surface area contributed by atoms with Crippen LogP contribution in [0.3, 0.4) is 0 Å². The van der Waals surface area contributed by atoms with Gasteiger partial charge in [0.05, 0.1) is 0 Å². The Morgan fingerprint density at radius 2 is 2.35 bits per heavy atom. The Labute approximate surface area is 124 Å². The number of carbonyl (C=O) groups is 1. The molecule has 0 heterocycles. The van der Waals surface area contributed by atoms with E-state index in [1.54, 1.807) is 6.07 Å².